The van der Waals surface area contributed by atoms with Gasteiger partial charge in [-0.2, -0.15) is 18.4 Å². The third-order valence-electron chi connectivity index (χ3n) is 20.3. The number of rotatable bonds is 19. The maximum atomic E-state index is 12.8. The van der Waals surface area contributed by atoms with Crippen molar-refractivity contribution < 1.29 is 46.6 Å². The molecule has 1 aromatic heterocycles. The van der Waals surface area contributed by atoms with Gasteiger partial charge < -0.3 is 25.0 Å². The molecule has 2 N–H and O–H groups in total. The standard InChI is InChI=1S/C25H41N3O2.C13H18O2.C12H15F3.C12H15N.C12H16O2.C12H18.C11H15Cl.C11H15F.C11H17N/c1-5-6-7-8-9-10-15-26-24(30)28-18-16-27(17-19-28)23(29)22-13-11-21(12-14-22)20-25(2,3)4;1-13(2,3)9-10-5-7-11(8-6-10)12(14)15-4;1-11(2,3)8-9-4-6-10(7-5-9)12(13,14)15;1-12(2,3)8-10-4-6-11(9-13)7-5-10;1-12(2,3)8-9-4-6-10(7-5-9)11(13)14;1-10-5-7-11(8-6-10)9-12(2,3)4;2*1-11(2,3)8-9-4-6-10(12)7-5-9;1-9-5-6-10(8-12-9)7-11(2,3)4/h11-14H,5-10,15-20H2,1-4H3,(H,26,30);5-8H,9H2,1-4H3;4-7H,8H2,1-3H3;4-7H,8H2,1-3H3;4-7H,8H2,1-3H3,(H,13,14);5-8H,9H2,1-4H3;2*4-7H,8H2,1-3H3;5-6,8H,7H2,1-4H3. The molecule has 0 aliphatic carbocycles. The van der Waals surface area contributed by atoms with E-state index in [0.717, 1.165) is 110 Å². The van der Waals surface area contributed by atoms with Gasteiger partial charge in [0.05, 0.1) is 35.4 Å². The molecule has 8 aromatic carbocycles. The molecular weight excluding hydrogens is 1710 g/mol. The Labute approximate surface area is 819 Å². The van der Waals surface area contributed by atoms with Gasteiger partial charge in [-0.3, -0.25) is 9.78 Å². The van der Waals surface area contributed by atoms with Crippen LogP contribution in [0.1, 0.15) is 336 Å². The number of nitrogens with one attached hydrogen (secondary N) is 1. The van der Waals surface area contributed by atoms with Crippen LogP contribution in [0.3, 0.4) is 0 Å². The third kappa shape index (κ3) is 61.0. The van der Waals surface area contributed by atoms with Crippen molar-refractivity contribution in [3.05, 3.63) is 312 Å². The number of carboxylic acid groups (broad SMARTS) is 1. The van der Waals surface area contributed by atoms with Crippen LogP contribution in [0.4, 0.5) is 22.4 Å². The number of aryl methyl sites for hydroxylation is 2. The number of nitriles is 1. The number of carbonyl (C=O) groups excluding carboxylic acids is 3. The van der Waals surface area contributed by atoms with Crippen LogP contribution < -0.4 is 5.32 Å². The maximum absolute atomic E-state index is 12.8. The number of hydrogen-bond acceptors (Lipinski definition) is 7. The number of esters is 1. The lowest BCUT2D eigenvalue weighted by molar-refractivity contribution is -0.137. The van der Waals surface area contributed by atoms with E-state index < -0.39 is 17.7 Å². The van der Waals surface area contributed by atoms with E-state index in [1.165, 1.54) is 101 Å². The number of ether oxygens (including phenoxy) is 1. The first-order chi connectivity index (χ1) is 62.2. The minimum atomic E-state index is -4.24. The second kappa shape index (κ2) is 57.3. The van der Waals surface area contributed by atoms with E-state index in [0.29, 0.717) is 59.0 Å². The molecule has 3 amide bonds. The highest BCUT2D eigenvalue weighted by atomic mass is 35.5. The van der Waals surface area contributed by atoms with Gasteiger partial charge in [0.2, 0.25) is 0 Å². The van der Waals surface area contributed by atoms with Crippen molar-refractivity contribution in [2.75, 3.05) is 39.8 Å². The molecule has 0 spiro atoms. The topological polar surface area (TPSA) is 153 Å². The normalized spacial score (nSPS) is 12.3. The van der Waals surface area contributed by atoms with Crippen LogP contribution in [0.15, 0.2) is 212 Å². The highest BCUT2D eigenvalue weighted by Gasteiger charge is 2.31. The molecule has 135 heavy (non-hydrogen) atoms. The van der Waals surface area contributed by atoms with Crippen LogP contribution >= 0.6 is 11.6 Å². The van der Waals surface area contributed by atoms with Crippen LogP contribution in [-0.4, -0.2) is 83.6 Å². The molecule has 2 heterocycles. The molecule has 9 aromatic rings. The molecule has 0 radical (unpaired) electrons. The van der Waals surface area contributed by atoms with Gasteiger partial charge in [-0.1, -0.05) is 358 Å². The largest absolute Gasteiger partial charge is 0.478 e. The monoisotopic (exact) mass is 1880 g/mol. The summed E-state index contributed by atoms with van der Waals surface area (Å²) in [5.41, 5.74) is 18.0. The van der Waals surface area contributed by atoms with E-state index in [1.54, 1.807) is 24.3 Å². The zero-order valence-corrected chi connectivity index (χ0v) is 89.3. The number of carboxylic acids is 1. The lowest BCUT2D eigenvalue weighted by Crippen LogP contribution is -2.53. The lowest BCUT2D eigenvalue weighted by atomic mass is 9.88. The van der Waals surface area contributed by atoms with E-state index in [1.807, 2.05) is 120 Å². The molecule has 16 heteroatoms. The number of urea groups is 1. The SMILES string of the molecule is CC(C)(C)Cc1ccc(C#N)cc1.CC(C)(C)Cc1ccc(C(=O)O)cc1.CC(C)(C)Cc1ccc(C(F)(F)F)cc1.CC(C)(C)Cc1ccc(Cl)cc1.CC(C)(C)Cc1ccc(F)cc1.CCCCCCCCNC(=O)N1CCN(C(=O)c2ccc(CC(C)(C)C)cc2)CC1.COC(=O)c1ccc(CC(C)(C)C)cc1.Cc1ccc(CC(C)(C)C)cc1.Cc1ccc(CC(C)(C)C)cn1. The average Bonchev–Trinajstić information content (AvgIpc) is 0.831. The molecule has 0 unspecified atom stereocenters. The number of carbonyl (C=O) groups is 4. The molecule has 742 valence electrons. The van der Waals surface area contributed by atoms with Crippen molar-refractivity contribution in [2.45, 2.75) is 310 Å². The number of piperazine rings is 1. The third-order valence-corrected chi connectivity index (χ3v) is 20.6. The van der Waals surface area contributed by atoms with Crippen molar-refractivity contribution in [3.63, 3.8) is 0 Å². The Hall–Kier alpha value is -9.91. The minimum Gasteiger partial charge on any atom is -0.478 e. The number of alkyl halides is 3. The second-order valence-electron chi connectivity index (χ2n) is 46.9. The van der Waals surface area contributed by atoms with Crippen molar-refractivity contribution in [1.82, 2.24) is 20.1 Å². The highest BCUT2D eigenvalue weighted by molar-refractivity contribution is 6.30. The van der Waals surface area contributed by atoms with Gasteiger partial charge >= 0.3 is 24.1 Å². The summed E-state index contributed by atoms with van der Waals surface area (Å²) in [4.78, 5) is 54.9. The van der Waals surface area contributed by atoms with Crippen molar-refractivity contribution in [1.29, 1.82) is 5.26 Å². The van der Waals surface area contributed by atoms with E-state index in [9.17, 15) is 36.7 Å². The number of unbranched alkanes of at least 4 members (excludes halogenated alkanes) is 5. The van der Waals surface area contributed by atoms with Crippen molar-refractivity contribution in [3.8, 4) is 6.07 Å². The molecule has 1 fully saturated rings. The number of pyridine rings is 1. The van der Waals surface area contributed by atoms with E-state index >= 15 is 0 Å². The second-order valence-corrected chi connectivity index (χ2v) is 47.3. The van der Waals surface area contributed by atoms with Crippen LogP contribution in [0.5, 0.6) is 0 Å². The Morgan fingerprint density at radius 3 is 1.00 bits per heavy atom. The number of halogens is 5. The Kier molecular flexibility index (Phi) is 51.5. The summed E-state index contributed by atoms with van der Waals surface area (Å²) >= 11 is 5.78. The number of nitrogens with zero attached hydrogens (tertiary/aromatic N) is 4. The van der Waals surface area contributed by atoms with Gasteiger partial charge in [-0.25, -0.2) is 18.8 Å². The number of aromatic carboxylic acids is 1. The van der Waals surface area contributed by atoms with Crippen LogP contribution in [0, 0.1) is 79.7 Å². The molecule has 0 bridgehead atoms. The number of amides is 3. The quantitative estimate of drug-likeness (QED) is 0.0461. The van der Waals surface area contributed by atoms with Crippen LogP contribution in [0.2, 0.25) is 5.02 Å². The zero-order chi connectivity index (χ0) is 103. The number of methoxy groups -OCH3 is 1. The van der Waals surface area contributed by atoms with E-state index in [-0.39, 0.29) is 50.8 Å². The summed E-state index contributed by atoms with van der Waals surface area (Å²) in [6.07, 6.45) is 14.2. The average molecular weight is 1880 g/mol. The molecular formula is C119H170ClF4N5O6. The van der Waals surface area contributed by atoms with E-state index in [4.69, 9.17) is 22.0 Å². The number of hydrogen-bond donors (Lipinski definition) is 2. The smallest absolute Gasteiger partial charge is 0.416 e. The zero-order valence-electron chi connectivity index (χ0n) is 88.5. The first-order valence-corrected chi connectivity index (χ1v) is 48.6. The Balaban J connectivity index is 0.000000525. The fraction of sp³-hybridized carbons (Fsp3) is 0.513. The first-order valence-electron chi connectivity index (χ1n) is 48.2. The fourth-order valence-corrected chi connectivity index (χ4v) is 14.6. The Morgan fingerprint density at radius 2 is 0.681 bits per heavy atom. The molecule has 10 rings (SSSR count). The van der Waals surface area contributed by atoms with Crippen LogP contribution in [-0.2, 0) is 68.7 Å². The van der Waals surface area contributed by atoms with Crippen molar-refractivity contribution in [2.24, 2.45) is 48.7 Å². The first kappa shape index (κ1) is 121. The molecule has 0 atom stereocenters. The van der Waals surface area contributed by atoms with Gasteiger partial charge in [0.15, 0.2) is 0 Å². The lowest BCUT2D eigenvalue weighted by Gasteiger charge is -2.34. The summed E-state index contributed by atoms with van der Waals surface area (Å²) in [6, 6.07) is 65.8. The van der Waals surface area contributed by atoms with Crippen molar-refractivity contribution >= 4 is 35.5 Å². The number of aromatic nitrogens is 1. The van der Waals surface area contributed by atoms with Gasteiger partial charge in [0.1, 0.15) is 5.82 Å². The minimum absolute atomic E-state index is 0.00203. The summed E-state index contributed by atoms with van der Waals surface area (Å²) in [6.45, 7) is 68.8. The van der Waals surface area contributed by atoms with Gasteiger partial charge in [0.25, 0.3) is 5.91 Å². The summed E-state index contributed by atoms with van der Waals surface area (Å²) in [7, 11) is 1.39. The maximum Gasteiger partial charge on any atom is 0.416 e. The summed E-state index contributed by atoms with van der Waals surface area (Å²) in [5.74, 6) is -1.25. The van der Waals surface area contributed by atoms with Gasteiger partial charge in [0, 0.05) is 55.2 Å². The number of benzene rings is 8. The predicted molar refractivity (Wildman–Crippen MR) is 561 cm³/mol. The van der Waals surface area contributed by atoms with Gasteiger partial charge in [-0.15, -0.1) is 0 Å². The summed E-state index contributed by atoms with van der Waals surface area (Å²) in [5, 5.41) is 21.2. The molecule has 1 aliphatic rings. The molecule has 11 nitrogen and oxygen atoms in total. The summed E-state index contributed by atoms with van der Waals surface area (Å²) < 4.78 is 53.9. The highest BCUT2D eigenvalue weighted by Crippen LogP contribution is 2.32. The molecule has 1 aliphatic heterocycles. The molecule has 0 saturated carbocycles. The Morgan fingerprint density at radius 1 is 0.393 bits per heavy atom. The molecule has 1 saturated heterocycles. The predicted octanol–water partition coefficient (Wildman–Crippen LogP) is 32.5. The van der Waals surface area contributed by atoms with Crippen LogP contribution in [0.25, 0.3) is 0 Å². The van der Waals surface area contributed by atoms with E-state index in [2.05, 4.69) is 283 Å². The Bertz CT molecular complexity index is 4640. The van der Waals surface area contributed by atoms with Gasteiger partial charge in [-0.05, 0) is 268 Å². The fourth-order valence-electron chi connectivity index (χ4n) is 14.4.